The van der Waals surface area contributed by atoms with Crippen LogP contribution < -0.4 is 10.1 Å². The van der Waals surface area contributed by atoms with Crippen LogP contribution in [0.25, 0.3) is 0 Å². The van der Waals surface area contributed by atoms with Crippen LogP contribution in [0.4, 0.5) is 5.69 Å². The van der Waals surface area contributed by atoms with Crippen molar-refractivity contribution < 1.29 is 9.84 Å². The predicted octanol–water partition coefficient (Wildman–Crippen LogP) is 3.30. The van der Waals surface area contributed by atoms with E-state index in [1.807, 2.05) is 19.2 Å². The summed E-state index contributed by atoms with van der Waals surface area (Å²) in [5.74, 6) is 0.740. The van der Waals surface area contributed by atoms with E-state index in [2.05, 4.69) is 26.3 Å². The highest BCUT2D eigenvalue weighted by molar-refractivity contribution is 9.10. The van der Waals surface area contributed by atoms with Gasteiger partial charge in [0.2, 0.25) is 0 Å². The number of nitrogens with zero attached hydrogens (tertiary/aromatic N) is 2. The Labute approximate surface area is 137 Å². The molecule has 0 bridgehead atoms. The SMILES string of the molecule is CCOc1c(Br)cc(Cl)cc1NCc1cnn(CCO)c1. The Morgan fingerprint density at radius 3 is 3.00 bits per heavy atom. The van der Waals surface area contributed by atoms with Gasteiger partial charge in [-0.2, -0.15) is 5.10 Å². The maximum absolute atomic E-state index is 8.88. The first kappa shape index (κ1) is 16.1. The Morgan fingerprint density at radius 2 is 2.29 bits per heavy atom. The summed E-state index contributed by atoms with van der Waals surface area (Å²) in [4.78, 5) is 0. The summed E-state index contributed by atoms with van der Waals surface area (Å²) in [7, 11) is 0. The number of hydrogen-bond donors (Lipinski definition) is 2. The van der Waals surface area contributed by atoms with E-state index in [-0.39, 0.29) is 6.61 Å². The Hall–Kier alpha value is -1.24. The first-order valence-electron chi connectivity index (χ1n) is 6.62. The second-order valence-corrected chi connectivity index (χ2v) is 5.68. The minimum Gasteiger partial charge on any atom is -0.491 e. The minimum atomic E-state index is 0.0737. The van der Waals surface area contributed by atoms with Crippen molar-refractivity contribution in [3.63, 3.8) is 0 Å². The third-order valence-corrected chi connectivity index (χ3v) is 3.60. The molecule has 0 aliphatic heterocycles. The average Bonchev–Trinajstić information content (AvgIpc) is 2.88. The van der Waals surface area contributed by atoms with E-state index in [1.54, 1.807) is 16.9 Å². The van der Waals surface area contributed by atoms with E-state index in [0.717, 1.165) is 21.5 Å². The van der Waals surface area contributed by atoms with Crippen molar-refractivity contribution in [3.05, 3.63) is 39.6 Å². The van der Waals surface area contributed by atoms with Gasteiger partial charge in [-0.05, 0) is 35.0 Å². The number of aromatic nitrogens is 2. The average molecular weight is 375 g/mol. The molecule has 7 heteroatoms. The fourth-order valence-corrected chi connectivity index (χ4v) is 2.83. The largest absolute Gasteiger partial charge is 0.491 e. The Bertz CT molecular complexity index is 604. The van der Waals surface area contributed by atoms with E-state index in [4.69, 9.17) is 21.4 Å². The molecule has 5 nitrogen and oxygen atoms in total. The first-order valence-corrected chi connectivity index (χ1v) is 7.79. The van der Waals surface area contributed by atoms with Crippen molar-refractivity contribution >= 4 is 33.2 Å². The summed E-state index contributed by atoms with van der Waals surface area (Å²) in [6.45, 7) is 3.67. The second-order valence-electron chi connectivity index (χ2n) is 4.39. The van der Waals surface area contributed by atoms with Crippen LogP contribution in [0.1, 0.15) is 12.5 Å². The minimum absolute atomic E-state index is 0.0737. The van der Waals surface area contributed by atoms with E-state index < -0.39 is 0 Å². The zero-order valence-electron chi connectivity index (χ0n) is 11.6. The monoisotopic (exact) mass is 373 g/mol. The van der Waals surface area contributed by atoms with Crippen LogP contribution in [0.2, 0.25) is 5.02 Å². The van der Waals surface area contributed by atoms with Gasteiger partial charge in [-0.3, -0.25) is 4.68 Å². The van der Waals surface area contributed by atoms with Crippen molar-refractivity contribution in [1.29, 1.82) is 0 Å². The Balaban J connectivity index is 2.11. The van der Waals surface area contributed by atoms with Gasteiger partial charge in [-0.1, -0.05) is 11.6 Å². The van der Waals surface area contributed by atoms with Gasteiger partial charge < -0.3 is 15.2 Å². The van der Waals surface area contributed by atoms with Crippen LogP contribution in [-0.2, 0) is 13.1 Å². The predicted molar refractivity (Wildman–Crippen MR) is 87.0 cm³/mol. The number of halogens is 2. The second kappa shape index (κ2) is 7.68. The van der Waals surface area contributed by atoms with E-state index >= 15 is 0 Å². The molecule has 114 valence electrons. The van der Waals surface area contributed by atoms with Gasteiger partial charge in [0.1, 0.15) is 0 Å². The van der Waals surface area contributed by atoms with Crippen molar-refractivity contribution in [2.45, 2.75) is 20.0 Å². The normalized spacial score (nSPS) is 10.7. The molecule has 1 aromatic heterocycles. The molecule has 0 spiro atoms. The lowest BCUT2D eigenvalue weighted by Gasteiger charge is -2.14. The smallest absolute Gasteiger partial charge is 0.156 e. The molecule has 0 amide bonds. The maximum Gasteiger partial charge on any atom is 0.156 e. The van der Waals surface area contributed by atoms with Gasteiger partial charge in [-0.15, -0.1) is 0 Å². The molecule has 0 aliphatic rings. The number of anilines is 1. The van der Waals surface area contributed by atoms with Crippen LogP contribution in [0.3, 0.4) is 0 Å². The zero-order chi connectivity index (χ0) is 15.2. The summed E-state index contributed by atoms with van der Waals surface area (Å²) >= 11 is 9.54. The summed E-state index contributed by atoms with van der Waals surface area (Å²) in [6, 6.07) is 3.63. The zero-order valence-corrected chi connectivity index (χ0v) is 14.0. The van der Waals surface area contributed by atoms with Crippen molar-refractivity contribution in [1.82, 2.24) is 9.78 Å². The number of rotatable bonds is 7. The van der Waals surface area contributed by atoms with Crippen molar-refractivity contribution in [2.24, 2.45) is 0 Å². The highest BCUT2D eigenvalue weighted by Crippen LogP contribution is 2.36. The Morgan fingerprint density at radius 1 is 1.48 bits per heavy atom. The first-order chi connectivity index (χ1) is 10.1. The quantitative estimate of drug-likeness (QED) is 0.781. The summed E-state index contributed by atoms with van der Waals surface area (Å²) in [6.07, 6.45) is 3.66. The molecular formula is C14H17BrClN3O2. The van der Waals surface area contributed by atoms with Gasteiger partial charge >= 0.3 is 0 Å². The van der Waals surface area contributed by atoms with Gasteiger partial charge in [0.05, 0.1) is 36.1 Å². The molecule has 0 saturated heterocycles. The molecule has 0 atom stereocenters. The summed E-state index contributed by atoms with van der Waals surface area (Å²) < 4.78 is 8.15. The van der Waals surface area contributed by atoms with Gasteiger partial charge in [0.25, 0.3) is 0 Å². The number of hydrogen-bond acceptors (Lipinski definition) is 4. The fraction of sp³-hybridized carbons (Fsp3) is 0.357. The molecule has 2 aromatic rings. The third-order valence-electron chi connectivity index (χ3n) is 2.80. The van der Waals surface area contributed by atoms with E-state index in [1.165, 1.54) is 0 Å². The van der Waals surface area contributed by atoms with Crippen LogP contribution in [0.5, 0.6) is 5.75 Å². The number of benzene rings is 1. The number of nitrogens with one attached hydrogen (secondary N) is 1. The van der Waals surface area contributed by atoms with Gasteiger partial charge in [-0.25, -0.2) is 0 Å². The number of ether oxygens (including phenoxy) is 1. The summed E-state index contributed by atoms with van der Waals surface area (Å²) in [5, 5.41) is 17.0. The highest BCUT2D eigenvalue weighted by Gasteiger charge is 2.10. The van der Waals surface area contributed by atoms with Crippen molar-refractivity contribution in [3.8, 4) is 5.75 Å². The summed E-state index contributed by atoms with van der Waals surface area (Å²) in [5.41, 5.74) is 1.84. The standard InChI is InChI=1S/C14H17BrClN3O2/c1-2-21-14-12(15)5-11(16)6-13(14)17-7-10-8-18-19(9-10)3-4-20/h5-6,8-9,17,20H,2-4,7H2,1H3. The lowest BCUT2D eigenvalue weighted by molar-refractivity contribution is 0.269. The molecule has 0 radical (unpaired) electrons. The topological polar surface area (TPSA) is 59.3 Å². The lowest BCUT2D eigenvalue weighted by atomic mass is 10.2. The van der Waals surface area contributed by atoms with E-state index in [9.17, 15) is 0 Å². The third kappa shape index (κ3) is 4.36. The highest BCUT2D eigenvalue weighted by atomic mass is 79.9. The molecule has 2 rings (SSSR count). The Kier molecular flexibility index (Phi) is 5.90. The van der Waals surface area contributed by atoms with Crippen LogP contribution in [-0.4, -0.2) is 28.1 Å². The molecule has 21 heavy (non-hydrogen) atoms. The van der Waals surface area contributed by atoms with Crippen molar-refractivity contribution in [2.75, 3.05) is 18.5 Å². The van der Waals surface area contributed by atoms with E-state index in [0.29, 0.717) is 24.7 Å². The number of aliphatic hydroxyl groups is 1. The van der Waals surface area contributed by atoms with Crippen LogP contribution in [0.15, 0.2) is 29.0 Å². The van der Waals surface area contributed by atoms with Gasteiger partial charge in [0, 0.05) is 23.3 Å². The molecule has 1 heterocycles. The number of aliphatic hydroxyl groups excluding tert-OH is 1. The van der Waals surface area contributed by atoms with Gasteiger partial charge in [0.15, 0.2) is 5.75 Å². The lowest BCUT2D eigenvalue weighted by Crippen LogP contribution is -2.04. The molecule has 1 aromatic carbocycles. The molecule has 0 unspecified atom stereocenters. The molecule has 0 aliphatic carbocycles. The maximum atomic E-state index is 8.88. The van der Waals surface area contributed by atoms with Crippen LogP contribution in [0, 0.1) is 0 Å². The molecule has 0 fully saturated rings. The molecule has 2 N–H and O–H groups in total. The van der Waals surface area contributed by atoms with Crippen LogP contribution >= 0.6 is 27.5 Å². The molecule has 0 saturated carbocycles. The fourth-order valence-electron chi connectivity index (χ4n) is 1.90. The molecular weight excluding hydrogens is 358 g/mol.